The number of fused-ring (bicyclic) bond motifs is 1. The van der Waals surface area contributed by atoms with Crippen LogP contribution in [-0.4, -0.2) is 27.0 Å². The van der Waals surface area contributed by atoms with Gasteiger partial charge in [0.2, 0.25) is 0 Å². The van der Waals surface area contributed by atoms with Gasteiger partial charge in [0, 0.05) is 12.1 Å². The molecule has 1 unspecified atom stereocenters. The Morgan fingerprint density at radius 3 is 2.23 bits per heavy atom. The molecular weight excluding hydrogens is 498 g/mol. The Kier molecular flexibility index (Phi) is 8.06. The van der Waals surface area contributed by atoms with Crippen molar-refractivity contribution in [3.05, 3.63) is 136 Å². The van der Waals surface area contributed by atoms with Crippen LogP contribution in [0.3, 0.4) is 0 Å². The Morgan fingerprint density at radius 1 is 0.875 bits per heavy atom. The van der Waals surface area contributed by atoms with E-state index >= 15 is 0 Å². The molecule has 1 aromatic heterocycles. The molecule has 1 heterocycles. The van der Waals surface area contributed by atoms with Crippen molar-refractivity contribution in [1.82, 2.24) is 14.5 Å². The maximum Gasteiger partial charge on any atom is 0.266 e. The summed E-state index contributed by atoms with van der Waals surface area (Å²) in [5.41, 5.74) is 3.77. The molecule has 0 bridgehead atoms. The minimum atomic E-state index is -0.474. The highest BCUT2D eigenvalue weighted by Gasteiger charge is 2.30. The Hall–Kier alpha value is -4.71. The van der Waals surface area contributed by atoms with Crippen LogP contribution in [0.5, 0.6) is 5.75 Å². The number of para-hydroxylation sites is 1. The van der Waals surface area contributed by atoms with E-state index in [1.54, 1.807) is 10.6 Å². The predicted molar refractivity (Wildman–Crippen MR) is 159 cm³/mol. The zero-order chi connectivity index (χ0) is 28.1. The van der Waals surface area contributed by atoms with E-state index in [2.05, 4.69) is 0 Å². The van der Waals surface area contributed by atoms with Gasteiger partial charge < -0.3 is 9.64 Å². The van der Waals surface area contributed by atoms with Gasteiger partial charge in [-0.15, -0.1) is 0 Å². The molecular formula is C34H33N3O3. The molecule has 202 valence electrons. The standard InChI is InChI=1S/C34H33N3O3/c1-4-31(36(23-25-11-7-6-8-12-25)33(38)26-17-15-24(3)16-18-26)32-35-30-14-10-9-13-29(30)34(39)37(32)27-19-21-28(22-20-27)40-5-2/h6-22,31H,4-5,23H2,1-3H3. The minimum absolute atomic E-state index is 0.114. The van der Waals surface area contributed by atoms with Crippen LogP contribution in [0.2, 0.25) is 0 Å². The summed E-state index contributed by atoms with van der Waals surface area (Å²) >= 11 is 0. The van der Waals surface area contributed by atoms with E-state index < -0.39 is 6.04 Å². The minimum Gasteiger partial charge on any atom is -0.494 e. The summed E-state index contributed by atoms with van der Waals surface area (Å²) in [4.78, 5) is 35.0. The van der Waals surface area contributed by atoms with E-state index in [1.807, 2.05) is 123 Å². The van der Waals surface area contributed by atoms with Gasteiger partial charge in [-0.2, -0.15) is 0 Å². The number of carbonyl (C=O) groups is 1. The molecule has 1 amide bonds. The molecule has 0 fully saturated rings. The van der Waals surface area contributed by atoms with Crippen molar-refractivity contribution in [3.63, 3.8) is 0 Å². The van der Waals surface area contributed by atoms with Gasteiger partial charge in [0.15, 0.2) is 0 Å². The van der Waals surface area contributed by atoms with Crippen LogP contribution in [0.4, 0.5) is 0 Å². The molecule has 6 nitrogen and oxygen atoms in total. The predicted octanol–water partition coefficient (Wildman–Crippen LogP) is 6.89. The Morgan fingerprint density at radius 2 is 1.55 bits per heavy atom. The molecule has 0 radical (unpaired) electrons. The van der Waals surface area contributed by atoms with E-state index in [-0.39, 0.29) is 11.5 Å². The summed E-state index contributed by atoms with van der Waals surface area (Å²) < 4.78 is 7.28. The molecule has 0 aliphatic heterocycles. The van der Waals surface area contributed by atoms with E-state index in [4.69, 9.17) is 9.72 Å². The van der Waals surface area contributed by atoms with Gasteiger partial charge in [0.05, 0.1) is 29.2 Å². The third-order valence-corrected chi connectivity index (χ3v) is 7.02. The fraction of sp³-hybridized carbons (Fsp3) is 0.206. The van der Waals surface area contributed by atoms with Crippen LogP contribution >= 0.6 is 0 Å². The van der Waals surface area contributed by atoms with E-state index in [1.165, 1.54) is 0 Å². The second-order valence-electron chi connectivity index (χ2n) is 9.76. The number of benzene rings is 4. The average molecular weight is 532 g/mol. The lowest BCUT2D eigenvalue weighted by atomic mass is 10.1. The molecule has 0 aliphatic rings. The largest absolute Gasteiger partial charge is 0.494 e. The van der Waals surface area contributed by atoms with Crippen molar-refractivity contribution in [2.24, 2.45) is 0 Å². The lowest BCUT2D eigenvalue weighted by Gasteiger charge is -2.32. The van der Waals surface area contributed by atoms with Gasteiger partial charge in [0.1, 0.15) is 11.6 Å². The highest BCUT2D eigenvalue weighted by Crippen LogP contribution is 2.29. The smallest absolute Gasteiger partial charge is 0.266 e. The molecule has 0 saturated heterocycles. The topological polar surface area (TPSA) is 64.4 Å². The van der Waals surface area contributed by atoms with Crippen molar-refractivity contribution in [2.45, 2.75) is 39.8 Å². The number of carbonyl (C=O) groups excluding carboxylic acids is 1. The maximum absolute atomic E-state index is 14.1. The first-order valence-electron chi connectivity index (χ1n) is 13.7. The van der Waals surface area contributed by atoms with Gasteiger partial charge in [0.25, 0.3) is 11.5 Å². The Labute approximate surface area is 234 Å². The summed E-state index contributed by atoms with van der Waals surface area (Å²) in [5, 5.41) is 0.523. The van der Waals surface area contributed by atoms with Gasteiger partial charge in [-0.05, 0) is 74.4 Å². The van der Waals surface area contributed by atoms with Crippen LogP contribution < -0.4 is 10.3 Å². The summed E-state index contributed by atoms with van der Waals surface area (Å²) in [6.07, 6.45) is 0.562. The molecule has 6 heteroatoms. The number of aromatic nitrogens is 2. The molecule has 4 aromatic carbocycles. The summed E-state index contributed by atoms with van der Waals surface area (Å²) in [6, 6.07) is 31.8. The van der Waals surface area contributed by atoms with E-state index in [9.17, 15) is 9.59 Å². The van der Waals surface area contributed by atoms with Crippen LogP contribution in [-0.2, 0) is 6.54 Å². The van der Waals surface area contributed by atoms with Crippen LogP contribution in [0.1, 0.15) is 53.6 Å². The van der Waals surface area contributed by atoms with Crippen molar-refractivity contribution < 1.29 is 9.53 Å². The van der Waals surface area contributed by atoms with Crippen LogP contribution in [0.25, 0.3) is 16.6 Å². The zero-order valence-electron chi connectivity index (χ0n) is 23.1. The van der Waals surface area contributed by atoms with Crippen LogP contribution in [0, 0.1) is 6.92 Å². The quantitative estimate of drug-likeness (QED) is 0.208. The first-order valence-corrected chi connectivity index (χ1v) is 13.7. The van der Waals surface area contributed by atoms with Gasteiger partial charge in [-0.3, -0.25) is 14.2 Å². The highest BCUT2D eigenvalue weighted by atomic mass is 16.5. The van der Waals surface area contributed by atoms with Crippen molar-refractivity contribution >= 4 is 16.8 Å². The van der Waals surface area contributed by atoms with Gasteiger partial charge in [-0.1, -0.05) is 67.1 Å². The molecule has 5 aromatic rings. The summed E-state index contributed by atoms with van der Waals surface area (Å²) in [5.74, 6) is 1.13. The first kappa shape index (κ1) is 26.9. The lowest BCUT2D eigenvalue weighted by Crippen LogP contribution is -2.38. The summed E-state index contributed by atoms with van der Waals surface area (Å²) in [7, 11) is 0. The second-order valence-corrected chi connectivity index (χ2v) is 9.76. The Bertz CT molecular complexity index is 1660. The van der Waals surface area contributed by atoms with Crippen LogP contribution in [0.15, 0.2) is 108 Å². The first-order chi connectivity index (χ1) is 19.5. The average Bonchev–Trinajstić information content (AvgIpc) is 2.98. The van der Waals surface area contributed by atoms with Gasteiger partial charge in [-0.25, -0.2) is 4.98 Å². The monoisotopic (exact) mass is 531 g/mol. The fourth-order valence-corrected chi connectivity index (χ4v) is 4.99. The summed E-state index contributed by atoms with van der Waals surface area (Å²) in [6.45, 7) is 6.88. The third kappa shape index (κ3) is 5.52. The fourth-order valence-electron chi connectivity index (χ4n) is 4.99. The maximum atomic E-state index is 14.1. The number of hydrogen-bond donors (Lipinski definition) is 0. The molecule has 5 rings (SSSR count). The molecule has 0 aliphatic carbocycles. The third-order valence-electron chi connectivity index (χ3n) is 7.02. The molecule has 0 saturated carbocycles. The number of hydrogen-bond acceptors (Lipinski definition) is 4. The number of nitrogens with zero attached hydrogens (tertiary/aromatic N) is 3. The number of ether oxygens (including phenoxy) is 1. The van der Waals surface area contributed by atoms with Crippen molar-refractivity contribution in [3.8, 4) is 11.4 Å². The highest BCUT2D eigenvalue weighted by molar-refractivity contribution is 5.94. The lowest BCUT2D eigenvalue weighted by molar-refractivity contribution is 0.0640. The SMILES string of the molecule is CCOc1ccc(-n2c(C(CC)N(Cc3ccccc3)C(=O)c3ccc(C)cc3)nc3ccccc3c2=O)cc1. The normalized spacial score (nSPS) is 11.8. The second kappa shape index (κ2) is 12.0. The van der Waals surface area contributed by atoms with Crippen molar-refractivity contribution in [1.29, 1.82) is 0 Å². The number of aryl methyl sites for hydroxylation is 1. The molecule has 0 N–H and O–H groups in total. The molecule has 0 spiro atoms. The zero-order valence-corrected chi connectivity index (χ0v) is 23.1. The number of amides is 1. The molecule has 1 atom stereocenters. The number of rotatable bonds is 9. The van der Waals surface area contributed by atoms with E-state index in [0.717, 1.165) is 16.9 Å². The van der Waals surface area contributed by atoms with Gasteiger partial charge >= 0.3 is 0 Å². The van der Waals surface area contributed by atoms with E-state index in [0.29, 0.717) is 47.6 Å². The Balaban J connectivity index is 1.70. The van der Waals surface area contributed by atoms with Crippen molar-refractivity contribution in [2.75, 3.05) is 6.61 Å². The molecule has 40 heavy (non-hydrogen) atoms.